The first-order valence-corrected chi connectivity index (χ1v) is 9.68. The lowest BCUT2D eigenvalue weighted by Gasteiger charge is -2.21. The number of nitrogens with one attached hydrogen (secondary N) is 1. The highest BCUT2D eigenvalue weighted by molar-refractivity contribution is 7.71. The molecule has 0 saturated carbocycles. The third-order valence-corrected chi connectivity index (χ3v) is 4.92. The molecule has 0 fully saturated rings. The van der Waals surface area contributed by atoms with Gasteiger partial charge in [0.2, 0.25) is 0 Å². The summed E-state index contributed by atoms with van der Waals surface area (Å²) in [6.45, 7) is 5.24. The molecule has 0 bridgehead atoms. The van der Waals surface area contributed by atoms with Gasteiger partial charge in [-0.05, 0) is 62.3 Å². The third kappa shape index (κ3) is 3.61. The average Bonchev–Trinajstić information content (AvgIpc) is 2.66. The monoisotopic (exact) mass is 368 g/mol. The van der Waals surface area contributed by atoms with Gasteiger partial charge in [-0.25, -0.2) is 0 Å². The number of benzene rings is 1. The van der Waals surface area contributed by atoms with Crippen LogP contribution < -0.4 is 9.47 Å². The molecule has 1 aliphatic carbocycles. The molecule has 26 heavy (non-hydrogen) atoms. The number of ether oxygens (including phenoxy) is 2. The van der Waals surface area contributed by atoms with Crippen LogP contribution in [0, 0.1) is 16.0 Å². The van der Waals surface area contributed by atoms with Gasteiger partial charge >= 0.3 is 0 Å². The quantitative estimate of drug-likeness (QED) is 0.698. The number of aromatic nitrogens is 1. The van der Waals surface area contributed by atoms with E-state index in [2.05, 4.69) is 18.0 Å². The van der Waals surface area contributed by atoms with Crippen molar-refractivity contribution in [2.75, 3.05) is 13.2 Å². The largest absolute Gasteiger partial charge is 0.490 e. The van der Waals surface area contributed by atoms with Gasteiger partial charge in [0.1, 0.15) is 10.7 Å². The minimum Gasteiger partial charge on any atom is -0.490 e. The molecule has 1 heterocycles. The SMILES string of the molecule is CCCOc1ccc(-c2c3c([nH]c(=S)c2C#N)CCCC3)cc1OCC. The molecule has 1 aromatic heterocycles. The van der Waals surface area contributed by atoms with E-state index in [4.69, 9.17) is 21.7 Å². The number of hydrogen-bond acceptors (Lipinski definition) is 4. The summed E-state index contributed by atoms with van der Waals surface area (Å²) in [6.07, 6.45) is 5.16. The third-order valence-electron chi connectivity index (χ3n) is 4.62. The predicted molar refractivity (Wildman–Crippen MR) is 105 cm³/mol. The highest BCUT2D eigenvalue weighted by Gasteiger charge is 2.21. The van der Waals surface area contributed by atoms with E-state index in [0.29, 0.717) is 29.2 Å². The van der Waals surface area contributed by atoms with Crippen molar-refractivity contribution >= 4 is 12.2 Å². The summed E-state index contributed by atoms with van der Waals surface area (Å²) in [6, 6.07) is 8.23. The van der Waals surface area contributed by atoms with Crippen molar-refractivity contribution in [3.05, 3.63) is 39.7 Å². The van der Waals surface area contributed by atoms with E-state index in [9.17, 15) is 5.26 Å². The zero-order valence-corrected chi connectivity index (χ0v) is 16.2. The first-order chi connectivity index (χ1) is 12.7. The Morgan fingerprint density at radius 1 is 1.15 bits per heavy atom. The number of hydrogen-bond donors (Lipinski definition) is 1. The molecule has 0 amide bonds. The normalized spacial score (nSPS) is 13.0. The van der Waals surface area contributed by atoms with E-state index in [1.807, 2.05) is 25.1 Å². The maximum atomic E-state index is 9.71. The molecule has 2 aromatic rings. The van der Waals surface area contributed by atoms with Gasteiger partial charge in [0.05, 0.1) is 18.8 Å². The predicted octanol–water partition coefficient (Wildman–Crippen LogP) is 5.35. The minimum absolute atomic E-state index is 0.521. The Hall–Kier alpha value is -2.32. The van der Waals surface area contributed by atoms with E-state index >= 15 is 0 Å². The molecule has 5 heteroatoms. The van der Waals surface area contributed by atoms with Crippen molar-refractivity contribution in [1.29, 1.82) is 5.26 Å². The summed E-state index contributed by atoms with van der Waals surface area (Å²) < 4.78 is 12.1. The first-order valence-electron chi connectivity index (χ1n) is 9.27. The summed E-state index contributed by atoms with van der Waals surface area (Å²) in [4.78, 5) is 3.27. The number of H-pyrrole nitrogens is 1. The Kier molecular flexibility index (Phi) is 5.95. The van der Waals surface area contributed by atoms with E-state index in [1.54, 1.807) is 0 Å². The number of rotatable bonds is 6. The molecule has 0 spiro atoms. The van der Waals surface area contributed by atoms with E-state index in [1.165, 1.54) is 11.3 Å². The Morgan fingerprint density at radius 3 is 2.69 bits per heavy atom. The Morgan fingerprint density at radius 2 is 1.96 bits per heavy atom. The van der Waals surface area contributed by atoms with Crippen LogP contribution in [-0.4, -0.2) is 18.2 Å². The molecule has 0 atom stereocenters. The minimum atomic E-state index is 0.521. The fraction of sp³-hybridized carbons (Fsp3) is 0.429. The van der Waals surface area contributed by atoms with Crippen LogP contribution in [0.2, 0.25) is 0 Å². The van der Waals surface area contributed by atoms with Crippen molar-refractivity contribution in [3.8, 4) is 28.7 Å². The summed E-state index contributed by atoms with van der Waals surface area (Å²) in [7, 11) is 0. The molecule has 1 N–H and O–H groups in total. The molecule has 0 unspecified atom stereocenters. The zero-order valence-electron chi connectivity index (χ0n) is 15.4. The maximum absolute atomic E-state index is 9.71. The van der Waals surface area contributed by atoms with Gasteiger partial charge in [-0.3, -0.25) is 0 Å². The molecular formula is C21H24N2O2S. The molecule has 4 nitrogen and oxygen atoms in total. The summed E-state index contributed by atoms with van der Waals surface area (Å²) in [5.74, 6) is 1.46. The Bertz CT molecular complexity index is 896. The second kappa shape index (κ2) is 8.37. The summed E-state index contributed by atoms with van der Waals surface area (Å²) in [5.41, 5.74) is 4.84. The first kappa shape index (κ1) is 18.5. The van der Waals surface area contributed by atoms with E-state index < -0.39 is 0 Å². The highest BCUT2D eigenvalue weighted by atomic mass is 32.1. The second-order valence-electron chi connectivity index (χ2n) is 6.42. The molecule has 1 aliphatic rings. The molecule has 1 aromatic carbocycles. The lowest BCUT2D eigenvalue weighted by molar-refractivity contribution is 0.277. The molecule has 0 radical (unpaired) electrons. The van der Waals surface area contributed by atoms with E-state index in [0.717, 1.165) is 49.0 Å². The number of aryl methyl sites for hydroxylation is 1. The number of pyridine rings is 1. The molecule has 136 valence electrons. The van der Waals surface area contributed by atoms with Gasteiger partial charge in [0.15, 0.2) is 11.5 Å². The molecule has 0 saturated heterocycles. The average molecular weight is 369 g/mol. The molecule has 3 rings (SSSR count). The summed E-state index contributed by atoms with van der Waals surface area (Å²) in [5, 5.41) is 9.71. The second-order valence-corrected chi connectivity index (χ2v) is 6.83. The fourth-order valence-corrected chi connectivity index (χ4v) is 3.74. The van der Waals surface area contributed by atoms with Gasteiger partial charge in [-0.1, -0.05) is 25.2 Å². The van der Waals surface area contributed by atoms with Gasteiger partial charge < -0.3 is 14.5 Å². The number of aromatic amines is 1. The van der Waals surface area contributed by atoms with Crippen molar-refractivity contribution in [1.82, 2.24) is 4.98 Å². The number of fused-ring (bicyclic) bond motifs is 1. The smallest absolute Gasteiger partial charge is 0.161 e. The van der Waals surface area contributed by atoms with Crippen LogP contribution in [0.25, 0.3) is 11.1 Å². The fourth-order valence-electron chi connectivity index (χ4n) is 3.47. The number of nitriles is 1. The zero-order chi connectivity index (χ0) is 18.5. The van der Waals surface area contributed by atoms with Crippen molar-refractivity contribution in [2.24, 2.45) is 0 Å². The number of nitrogens with zero attached hydrogens (tertiary/aromatic N) is 1. The molecule has 0 aliphatic heterocycles. The molecular weight excluding hydrogens is 344 g/mol. The van der Waals surface area contributed by atoms with Crippen molar-refractivity contribution < 1.29 is 9.47 Å². The van der Waals surface area contributed by atoms with Crippen molar-refractivity contribution in [3.63, 3.8) is 0 Å². The summed E-state index contributed by atoms with van der Waals surface area (Å²) >= 11 is 5.46. The highest BCUT2D eigenvalue weighted by Crippen LogP contribution is 2.38. The van der Waals surface area contributed by atoms with Crippen LogP contribution in [0.5, 0.6) is 11.5 Å². The van der Waals surface area contributed by atoms with Gasteiger partial charge in [0, 0.05) is 11.3 Å². The van der Waals surface area contributed by atoms with Crippen LogP contribution in [0.1, 0.15) is 49.9 Å². The van der Waals surface area contributed by atoms with Crippen LogP contribution in [0.3, 0.4) is 0 Å². The Labute approximate surface area is 159 Å². The Balaban J connectivity index is 2.17. The lowest BCUT2D eigenvalue weighted by atomic mass is 9.87. The maximum Gasteiger partial charge on any atom is 0.161 e. The van der Waals surface area contributed by atoms with Crippen molar-refractivity contribution in [2.45, 2.75) is 46.0 Å². The van der Waals surface area contributed by atoms with Gasteiger partial charge in [0.25, 0.3) is 0 Å². The van der Waals surface area contributed by atoms with E-state index in [-0.39, 0.29) is 0 Å². The lowest BCUT2D eigenvalue weighted by Crippen LogP contribution is -2.09. The van der Waals surface area contributed by atoms with Crippen LogP contribution in [0.15, 0.2) is 18.2 Å². The van der Waals surface area contributed by atoms with Crippen LogP contribution in [0.4, 0.5) is 0 Å². The van der Waals surface area contributed by atoms with Crippen LogP contribution in [-0.2, 0) is 12.8 Å². The van der Waals surface area contributed by atoms with Gasteiger partial charge in [-0.2, -0.15) is 5.26 Å². The standard InChI is InChI=1S/C21H24N2O2S/c1-3-11-25-18-10-9-14(12-19(18)24-4-2)20-15-7-5-6-8-17(15)23-21(26)16(20)13-22/h9-10,12H,3-8,11H2,1-2H3,(H,23,26). The topological polar surface area (TPSA) is 58.0 Å². The van der Waals surface area contributed by atoms with Gasteiger partial charge in [-0.15, -0.1) is 0 Å². The van der Waals surface area contributed by atoms with Crippen LogP contribution >= 0.6 is 12.2 Å².